The topological polar surface area (TPSA) is 82.3 Å². The second-order valence-corrected chi connectivity index (χ2v) is 5.82. The molecule has 0 aliphatic rings. The summed E-state index contributed by atoms with van der Waals surface area (Å²) in [5, 5.41) is 22.3. The minimum absolute atomic E-state index is 0.0180. The Bertz CT molecular complexity index is 853. The minimum Gasteiger partial charge on any atom is -0.504 e. The second-order valence-electron chi connectivity index (χ2n) is 4.94. The highest BCUT2D eigenvalue weighted by molar-refractivity contribution is 6.35. The van der Waals surface area contributed by atoms with Crippen LogP contribution < -0.4 is 10.1 Å². The molecule has 0 radical (unpaired) electrons. The molecule has 128 valence electrons. The number of phenolic OH excluding ortho intramolecular Hbond substituents is 1. The van der Waals surface area contributed by atoms with Crippen LogP contribution in [-0.2, 0) is 4.79 Å². The maximum atomic E-state index is 12.3. The molecule has 5 nitrogen and oxygen atoms in total. The third kappa shape index (κ3) is 5.15. The molecule has 0 aromatic heterocycles. The van der Waals surface area contributed by atoms with Gasteiger partial charge in [-0.15, -0.1) is 0 Å². The number of hydrogen-bond acceptors (Lipinski definition) is 4. The van der Waals surface area contributed by atoms with Crippen LogP contribution in [-0.4, -0.2) is 17.6 Å². The molecule has 0 unspecified atom stereocenters. The molecule has 0 bridgehead atoms. The first-order valence-electron chi connectivity index (χ1n) is 7.28. The molecule has 2 rings (SSSR count). The number of nitriles is 1. The number of amides is 1. The monoisotopic (exact) mass is 376 g/mol. The summed E-state index contributed by atoms with van der Waals surface area (Å²) in [6.45, 7) is 2.16. The van der Waals surface area contributed by atoms with E-state index < -0.39 is 5.91 Å². The van der Waals surface area contributed by atoms with Gasteiger partial charge < -0.3 is 15.2 Å². The predicted molar refractivity (Wildman–Crippen MR) is 98.0 cm³/mol. The highest BCUT2D eigenvalue weighted by Gasteiger charge is 2.11. The number of anilines is 1. The molecule has 0 saturated carbocycles. The van der Waals surface area contributed by atoms with Crippen LogP contribution in [0.5, 0.6) is 11.5 Å². The minimum atomic E-state index is -0.605. The van der Waals surface area contributed by atoms with Gasteiger partial charge in [-0.05, 0) is 48.9 Å². The second kappa shape index (κ2) is 8.43. The van der Waals surface area contributed by atoms with E-state index in [1.54, 1.807) is 19.1 Å². The molecule has 0 fully saturated rings. The van der Waals surface area contributed by atoms with Gasteiger partial charge in [-0.25, -0.2) is 0 Å². The fourth-order valence-corrected chi connectivity index (χ4v) is 2.56. The molecule has 2 N–H and O–H groups in total. The predicted octanol–water partition coefficient (Wildman–Crippen LogP) is 4.64. The largest absolute Gasteiger partial charge is 0.504 e. The van der Waals surface area contributed by atoms with Gasteiger partial charge >= 0.3 is 0 Å². The molecule has 0 atom stereocenters. The van der Waals surface area contributed by atoms with Crippen LogP contribution in [0, 0.1) is 11.3 Å². The lowest BCUT2D eigenvalue weighted by Gasteiger charge is -2.07. The average molecular weight is 377 g/mol. The van der Waals surface area contributed by atoms with Gasteiger partial charge in [0.05, 0.1) is 6.61 Å². The van der Waals surface area contributed by atoms with Gasteiger partial charge in [-0.3, -0.25) is 4.79 Å². The van der Waals surface area contributed by atoms with E-state index in [2.05, 4.69) is 5.32 Å². The van der Waals surface area contributed by atoms with Crippen molar-refractivity contribution in [3.63, 3.8) is 0 Å². The van der Waals surface area contributed by atoms with Gasteiger partial charge in [-0.1, -0.05) is 29.3 Å². The van der Waals surface area contributed by atoms with Crippen LogP contribution in [0.4, 0.5) is 5.69 Å². The van der Waals surface area contributed by atoms with Gasteiger partial charge in [0.1, 0.15) is 11.6 Å². The number of phenols is 1. The van der Waals surface area contributed by atoms with Crippen molar-refractivity contribution in [2.75, 3.05) is 11.9 Å². The molecule has 0 aliphatic carbocycles. The van der Waals surface area contributed by atoms with Crippen molar-refractivity contribution in [2.45, 2.75) is 6.92 Å². The molecule has 2 aromatic rings. The SMILES string of the molecule is CCOc1cc(/C=C(\C#N)C(=O)Nc2cc(Cl)cc(Cl)c2)ccc1O. The van der Waals surface area contributed by atoms with Gasteiger partial charge in [0, 0.05) is 15.7 Å². The van der Waals surface area contributed by atoms with Gasteiger partial charge in [0.15, 0.2) is 11.5 Å². The summed E-state index contributed by atoms with van der Waals surface area (Å²) in [5.74, 6) is -0.349. The van der Waals surface area contributed by atoms with Crippen molar-refractivity contribution in [3.8, 4) is 17.6 Å². The molecule has 0 spiro atoms. The van der Waals surface area contributed by atoms with Crippen LogP contribution in [0.3, 0.4) is 0 Å². The molecule has 7 heteroatoms. The highest BCUT2D eigenvalue weighted by atomic mass is 35.5. The fraction of sp³-hybridized carbons (Fsp3) is 0.111. The number of aromatic hydroxyl groups is 1. The van der Waals surface area contributed by atoms with Crippen molar-refractivity contribution in [1.82, 2.24) is 0 Å². The Labute approximate surface area is 155 Å². The Balaban J connectivity index is 2.26. The lowest BCUT2D eigenvalue weighted by Crippen LogP contribution is -2.13. The first kappa shape index (κ1) is 18.7. The Morgan fingerprint density at radius 1 is 1.28 bits per heavy atom. The smallest absolute Gasteiger partial charge is 0.266 e. The molecule has 0 aliphatic heterocycles. The normalized spacial score (nSPS) is 10.9. The standard InChI is InChI=1S/C18H14Cl2N2O3/c1-2-25-17-6-11(3-4-16(17)23)5-12(10-21)18(24)22-15-8-13(19)7-14(20)9-15/h3-9,23H,2H2,1H3,(H,22,24)/b12-5+. The molecule has 1 amide bonds. The zero-order chi connectivity index (χ0) is 18.4. The molecule has 0 heterocycles. The number of hydrogen-bond donors (Lipinski definition) is 2. The van der Waals surface area contributed by atoms with E-state index in [0.29, 0.717) is 27.9 Å². The van der Waals surface area contributed by atoms with E-state index in [-0.39, 0.29) is 17.1 Å². The van der Waals surface area contributed by atoms with Crippen molar-refractivity contribution >= 4 is 40.9 Å². The van der Waals surface area contributed by atoms with E-state index in [1.165, 1.54) is 30.3 Å². The van der Waals surface area contributed by atoms with E-state index >= 15 is 0 Å². The van der Waals surface area contributed by atoms with Crippen molar-refractivity contribution < 1.29 is 14.6 Å². The highest BCUT2D eigenvalue weighted by Crippen LogP contribution is 2.28. The Hall–Kier alpha value is -2.68. The quantitative estimate of drug-likeness (QED) is 0.587. The van der Waals surface area contributed by atoms with Crippen LogP contribution in [0.25, 0.3) is 6.08 Å². The summed E-state index contributed by atoms with van der Waals surface area (Å²) in [7, 11) is 0. The Morgan fingerprint density at radius 2 is 1.96 bits per heavy atom. The summed E-state index contributed by atoms with van der Waals surface area (Å²) in [4.78, 5) is 12.3. The Kier molecular flexibility index (Phi) is 6.29. The van der Waals surface area contributed by atoms with Crippen LogP contribution >= 0.6 is 23.2 Å². The van der Waals surface area contributed by atoms with Crippen LogP contribution in [0.15, 0.2) is 42.0 Å². The van der Waals surface area contributed by atoms with Gasteiger partial charge in [0.25, 0.3) is 5.91 Å². The lowest BCUT2D eigenvalue weighted by molar-refractivity contribution is -0.112. The summed E-state index contributed by atoms with van der Waals surface area (Å²) >= 11 is 11.8. The summed E-state index contributed by atoms with van der Waals surface area (Å²) in [5.41, 5.74) is 0.797. The third-order valence-corrected chi connectivity index (χ3v) is 3.52. The first-order chi connectivity index (χ1) is 11.9. The number of carbonyl (C=O) groups is 1. The van der Waals surface area contributed by atoms with Gasteiger partial charge in [-0.2, -0.15) is 5.26 Å². The van der Waals surface area contributed by atoms with E-state index in [1.807, 2.05) is 6.07 Å². The maximum Gasteiger partial charge on any atom is 0.266 e. The summed E-state index contributed by atoms with van der Waals surface area (Å²) in [6.07, 6.45) is 1.39. The number of ether oxygens (including phenoxy) is 1. The number of nitrogens with one attached hydrogen (secondary N) is 1. The number of halogens is 2. The molecule has 2 aromatic carbocycles. The molecular weight excluding hydrogens is 363 g/mol. The summed E-state index contributed by atoms with van der Waals surface area (Å²) in [6, 6.07) is 11.0. The van der Waals surface area contributed by atoms with Crippen molar-refractivity contribution in [3.05, 3.63) is 57.6 Å². The zero-order valence-corrected chi connectivity index (χ0v) is 14.7. The van der Waals surface area contributed by atoms with E-state index in [0.717, 1.165) is 0 Å². The number of nitrogens with zero attached hydrogens (tertiary/aromatic N) is 1. The van der Waals surface area contributed by atoms with Crippen LogP contribution in [0.2, 0.25) is 10.0 Å². The fourth-order valence-electron chi connectivity index (χ4n) is 2.03. The maximum absolute atomic E-state index is 12.3. The number of benzene rings is 2. The van der Waals surface area contributed by atoms with Crippen molar-refractivity contribution in [2.24, 2.45) is 0 Å². The van der Waals surface area contributed by atoms with Gasteiger partial charge in [0.2, 0.25) is 0 Å². The zero-order valence-electron chi connectivity index (χ0n) is 13.2. The summed E-state index contributed by atoms with van der Waals surface area (Å²) < 4.78 is 5.28. The molecular formula is C18H14Cl2N2O3. The molecule has 25 heavy (non-hydrogen) atoms. The molecule has 0 saturated heterocycles. The van der Waals surface area contributed by atoms with E-state index in [4.69, 9.17) is 27.9 Å². The third-order valence-electron chi connectivity index (χ3n) is 3.08. The number of carbonyl (C=O) groups excluding carboxylic acids is 1. The average Bonchev–Trinajstić information content (AvgIpc) is 2.54. The Morgan fingerprint density at radius 3 is 2.56 bits per heavy atom. The first-order valence-corrected chi connectivity index (χ1v) is 8.03. The lowest BCUT2D eigenvalue weighted by atomic mass is 10.1. The van der Waals surface area contributed by atoms with E-state index in [9.17, 15) is 15.2 Å². The van der Waals surface area contributed by atoms with Crippen molar-refractivity contribution in [1.29, 1.82) is 5.26 Å². The van der Waals surface area contributed by atoms with Crippen LogP contribution in [0.1, 0.15) is 12.5 Å². The number of rotatable bonds is 5.